The molecule has 4 nitrogen and oxygen atoms in total. The maximum Gasteiger partial charge on any atom is 0.124 e. The highest BCUT2D eigenvalue weighted by molar-refractivity contribution is 5.67. The molecule has 0 amide bonds. The van der Waals surface area contributed by atoms with Crippen LogP contribution in [0.3, 0.4) is 0 Å². The van der Waals surface area contributed by atoms with E-state index in [9.17, 15) is 5.11 Å². The smallest absolute Gasteiger partial charge is 0.124 e. The number of hydrogen-bond donors (Lipinski definition) is 3. The van der Waals surface area contributed by atoms with Crippen LogP contribution < -0.4 is 15.4 Å². The molecule has 1 fully saturated rings. The van der Waals surface area contributed by atoms with E-state index in [4.69, 9.17) is 4.74 Å². The van der Waals surface area contributed by atoms with Gasteiger partial charge in [-0.05, 0) is 30.5 Å². The number of nitrogens with one attached hydrogen (secondary N) is 2. The summed E-state index contributed by atoms with van der Waals surface area (Å²) in [5.41, 5.74) is 2.13. The molecule has 1 saturated heterocycles. The summed E-state index contributed by atoms with van der Waals surface area (Å²) in [6, 6.07) is 6.18. The third-order valence-electron chi connectivity index (χ3n) is 5.07. The van der Waals surface area contributed by atoms with Gasteiger partial charge in [-0.25, -0.2) is 0 Å². The molecule has 0 saturated carbocycles. The maximum atomic E-state index is 10.9. The van der Waals surface area contributed by atoms with Crippen LogP contribution in [-0.2, 0) is 5.41 Å². The van der Waals surface area contributed by atoms with Crippen molar-refractivity contribution >= 4 is 5.69 Å². The fraction of sp³-hybridized carbons (Fsp3) is 0.647. The van der Waals surface area contributed by atoms with Gasteiger partial charge in [0.15, 0.2) is 0 Å². The third kappa shape index (κ3) is 2.12. The minimum Gasteiger partial charge on any atom is -0.496 e. The molecule has 0 bridgehead atoms. The molecule has 21 heavy (non-hydrogen) atoms. The van der Waals surface area contributed by atoms with E-state index in [0.29, 0.717) is 0 Å². The Morgan fingerprint density at radius 3 is 2.81 bits per heavy atom. The van der Waals surface area contributed by atoms with E-state index in [-0.39, 0.29) is 16.9 Å². The second-order valence-electron chi connectivity index (χ2n) is 7.39. The number of fused-ring (bicyclic) bond motifs is 2. The maximum absolute atomic E-state index is 10.9. The average Bonchev–Trinajstić information content (AvgIpc) is 3.03. The van der Waals surface area contributed by atoms with Crippen molar-refractivity contribution in [3.8, 4) is 5.75 Å². The van der Waals surface area contributed by atoms with Crippen LogP contribution in [0.1, 0.15) is 32.8 Å². The molecular weight excluding hydrogens is 264 g/mol. The molecule has 1 spiro atoms. The molecule has 2 aliphatic rings. The first-order chi connectivity index (χ1) is 9.90. The highest BCUT2D eigenvalue weighted by Crippen LogP contribution is 2.50. The normalized spacial score (nSPS) is 29.3. The average molecular weight is 290 g/mol. The summed E-state index contributed by atoms with van der Waals surface area (Å²) in [7, 11) is 1.72. The van der Waals surface area contributed by atoms with Crippen molar-refractivity contribution in [2.75, 3.05) is 25.5 Å². The minimum atomic E-state index is -0.405. The Morgan fingerprint density at radius 1 is 1.38 bits per heavy atom. The number of rotatable bonds is 2. The second kappa shape index (κ2) is 4.89. The zero-order chi connectivity index (χ0) is 15.3. The van der Waals surface area contributed by atoms with E-state index in [1.807, 2.05) is 12.1 Å². The van der Waals surface area contributed by atoms with Crippen molar-refractivity contribution in [3.63, 3.8) is 0 Å². The summed E-state index contributed by atoms with van der Waals surface area (Å²) in [6.07, 6.45) is 0.614. The van der Waals surface area contributed by atoms with Gasteiger partial charge in [-0.15, -0.1) is 0 Å². The number of ether oxygens (including phenoxy) is 1. The van der Waals surface area contributed by atoms with Gasteiger partial charge in [0.2, 0.25) is 0 Å². The molecule has 1 aromatic rings. The van der Waals surface area contributed by atoms with Crippen molar-refractivity contribution in [2.24, 2.45) is 5.41 Å². The summed E-state index contributed by atoms with van der Waals surface area (Å²) in [6.45, 7) is 8.06. The first-order valence-corrected chi connectivity index (χ1v) is 7.73. The predicted octanol–water partition coefficient (Wildman–Crippen LogP) is 2.13. The quantitative estimate of drug-likeness (QED) is 0.781. The minimum absolute atomic E-state index is 0.0440. The monoisotopic (exact) mass is 290 g/mol. The SMILES string of the molecule is COc1cccc2c1[C@@]1(CCN[C@H]1[C@H](O)C(C)(C)C)CN2. The number of benzene rings is 1. The molecule has 0 radical (unpaired) electrons. The Hall–Kier alpha value is -1.26. The van der Waals surface area contributed by atoms with Gasteiger partial charge in [-0.2, -0.15) is 0 Å². The fourth-order valence-corrected chi connectivity index (χ4v) is 3.90. The number of aliphatic hydroxyl groups excluding tert-OH is 1. The number of methoxy groups -OCH3 is 1. The van der Waals surface area contributed by atoms with Crippen molar-refractivity contribution < 1.29 is 9.84 Å². The van der Waals surface area contributed by atoms with Gasteiger partial charge in [0.1, 0.15) is 5.75 Å². The van der Waals surface area contributed by atoms with Crippen LogP contribution in [0.25, 0.3) is 0 Å². The second-order valence-corrected chi connectivity index (χ2v) is 7.39. The Labute approximate surface area is 126 Å². The van der Waals surface area contributed by atoms with E-state index in [1.54, 1.807) is 7.11 Å². The fourth-order valence-electron chi connectivity index (χ4n) is 3.90. The van der Waals surface area contributed by atoms with E-state index < -0.39 is 6.10 Å². The lowest BCUT2D eigenvalue weighted by molar-refractivity contribution is 0.0166. The number of aliphatic hydroxyl groups is 1. The van der Waals surface area contributed by atoms with E-state index >= 15 is 0 Å². The molecule has 3 rings (SSSR count). The first-order valence-electron chi connectivity index (χ1n) is 7.73. The van der Waals surface area contributed by atoms with Crippen molar-refractivity contribution in [1.82, 2.24) is 5.32 Å². The Kier molecular flexibility index (Phi) is 3.41. The van der Waals surface area contributed by atoms with Crippen LogP contribution >= 0.6 is 0 Å². The summed E-state index contributed by atoms with van der Waals surface area (Å²) in [5.74, 6) is 0.923. The van der Waals surface area contributed by atoms with Crippen LogP contribution in [0.2, 0.25) is 0 Å². The van der Waals surface area contributed by atoms with Crippen LogP contribution in [0.5, 0.6) is 5.75 Å². The highest BCUT2D eigenvalue weighted by Gasteiger charge is 2.54. The van der Waals surface area contributed by atoms with Crippen LogP contribution in [0, 0.1) is 5.41 Å². The first kappa shape index (κ1) is 14.7. The molecule has 3 N–H and O–H groups in total. The Balaban J connectivity index is 2.07. The molecule has 116 valence electrons. The van der Waals surface area contributed by atoms with E-state index in [0.717, 1.165) is 30.9 Å². The van der Waals surface area contributed by atoms with Crippen LogP contribution in [-0.4, -0.2) is 37.5 Å². The lowest BCUT2D eigenvalue weighted by Crippen LogP contribution is -2.54. The molecule has 3 atom stereocenters. The predicted molar refractivity (Wildman–Crippen MR) is 85.0 cm³/mol. The van der Waals surface area contributed by atoms with Gasteiger partial charge in [-0.1, -0.05) is 26.8 Å². The molecule has 0 aromatic heterocycles. The molecular formula is C17H26N2O2. The van der Waals surface area contributed by atoms with Gasteiger partial charge in [-0.3, -0.25) is 0 Å². The number of hydrogen-bond acceptors (Lipinski definition) is 4. The largest absolute Gasteiger partial charge is 0.496 e. The van der Waals surface area contributed by atoms with Crippen molar-refractivity contribution in [3.05, 3.63) is 23.8 Å². The van der Waals surface area contributed by atoms with Crippen LogP contribution in [0.15, 0.2) is 18.2 Å². The summed E-state index contributed by atoms with van der Waals surface area (Å²) in [4.78, 5) is 0. The summed E-state index contributed by atoms with van der Waals surface area (Å²) in [5, 5.41) is 17.9. The summed E-state index contributed by atoms with van der Waals surface area (Å²) >= 11 is 0. The van der Waals surface area contributed by atoms with Crippen molar-refractivity contribution in [1.29, 1.82) is 0 Å². The highest BCUT2D eigenvalue weighted by atomic mass is 16.5. The molecule has 4 heteroatoms. The Morgan fingerprint density at radius 2 is 2.14 bits per heavy atom. The van der Waals surface area contributed by atoms with Gasteiger partial charge >= 0.3 is 0 Å². The zero-order valence-electron chi connectivity index (χ0n) is 13.4. The standard InChI is InChI=1S/C17H26N2O2/c1-16(2,3)15(20)14-17(8-9-18-14)10-19-11-6-5-7-12(21-4)13(11)17/h5-7,14-15,18-20H,8-10H2,1-4H3/t14-,15-,17+/m0/s1. The molecule has 1 aromatic carbocycles. The topological polar surface area (TPSA) is 53.5 Å². The molecule has 0 aliphatic carbocycles. The van der Waals surface area contributed by atoms with Gasteiger partial charge in [0, 0.05) is 29.3 Å². The molecule has 0 unspecified atom stereocenters. The lowest BCUT2D eigenvalue weighted by Gasteiger charge is -2.40. The number of anilines is 1. The van der Waals surface area contributed by atoms with Gasteiger partial charge < -0.3 is 20.5 Å². The third-order valence-corrected chi connectivity index (χ3v) is 5.07. The Bertz CT molecular complexity index is 538. The van der Waals surface area contributed by atoms with Crippen LogP contribution in [0.4, 0.5) is 5.69 Å². The van der Waals surface area contributed by atoms with Gasteiger partial charge in [0.25, 0.3) is 0 Å². The zero-order valence-corrected chi connectivity index (χ0v) is 13.4. The molecule has 2 aliphatic heterocycles. The van der Waals surface area contributed by atoms with E-state index in [2.05, 4.69) is 37.5 Å². The molecule has 2 heterocycles. The van der Waals surface area contributed by atoms with Crippen molar-refractivity contribution in [2.45, 2.75) is 44.8 Å². The van der Waals surface area contributed by atoms with E-state index in [1.165, 1.54) is 5.56 Å². The summed E-state index contributed by atoms with van der Waals surface area (Å²) < 4.78 is 5.61. The lowest BCUT2D eigenvalue weighted by atomic mass is 9.69. The van der Waals surface area contributed by atoms with Gasteiger partial charge in [0.05, 0.1) is 13.2 Å².